The zero-order valence-corrected chi connectivity index (χ0v) is 23.8. The van der Waals surface area contributed by atoms with E-state index < -0.39 is 23.7 Å². The summed E-state index contributed by atoms with van der Waals surface area (Å²) >= 11 is 0. The van der Waals surface area contributed by atoms with Gasteiger partial charge >= 0.3 is 5.97 Å². The van der Waals surface area contributed by atoms with E-state index in [1.54, 1.807) is 4.90 Å². The molecular formula is C33H33N5O5. The number of carbonyl (C=O) groups excluding carboxylic acids is 3. The molecule has 1 aromatic heterocycles. The number of nitrogens with one attached hydrogen (secondary N) is 2. The van der Waals surface area contributed by atoms with Crippen LogP contribution in [0.1, 0.15) is 28.8 Å². The normalized spacial score (nSPS) is 21.9. The average Bonchev–Trinajstić information content (AvgIpc) is 3.64. The number of hydrogen-bond acceptors (Lipinski definition) is 8. The van der Waals surface area contributed by atoms with Gasteiger partial charge in [-0.15, -0.1) is 0 Å². The van der Waals surface area contributed by atoms with Gasteiger partial charge in [-0.2, -0.15) is 0 Å². The first-order valence-corrected chi connectivity index (χ1v) is 14.4. The Labute approximate surface area is 249 Å². The maximum absolute atomic E-state index is 13.8. The second-order valence-electron chi connectivity index (χ2n) is 10.9. The molecule has 1 fully saturated rings. The number of likely N-dealkylation sites (tertiary alicyclic amines) is 1. The van der Waals surface area contributed by atoms with Gasteiger partial charge in [0.2, 0.25) is 0 Å². The number of nitrogens with zero attached hydrogens (tertiary/aromatic N) is 3. The van der Waals surface area contributed by atoms with Gasteiger partial charge in [0.25, 0.3) is 11.8 Å². The molecule has 4 heterocycles. The minimum Gasteiger partial charge on any atom is -0.466 e. The highest BCUT2D eigenvalue weighted by Crippen LogP contribution is 2.47. The SMILES string of the molecule is COC(=O)C1=C(C(=O)NC2CCN(C(=O)c3cncnc3)CC2)C2C=CC1(C(Cc1ccccc1)Nc1ccccc1)O2. The van der Waals surface area contributed by atoms with Gasteiger partial charge in [-0.3, -0.25) is 9.59 Å². The standard InChI is InChI=1S/C33H33N5O5/c1-42-32(41)29-28(30(39)37-25-13-16-38(17-14-25)31(40)23-19-34-21-35-20-23)26-12-15-33(29,43-26)27(18-22-8-4-2-5-9-22)36-24-10-6-3-7-11-24/h2-12,15,19-21,25-27,36H,13-14,16-18H2,1H3,(H,37,39). The van der Waals surface area contributed by atoms with Crippen LogP contribution in [-0.4, -0.2) is 76.6 Å². The van der Waals surface area contributed by atoms with Crippen LogP contribution in [-0.2, 0) is 25.5 Å². The summed E-state index contributed by atoms with van der Waals surface area (Å²) in [7, 11) is 1.32. The summed E-state index contributed by atoms with van der Waals surface area (Å²) in [5, 5.41) is 6.68. The molecule has 10 heteroatoms. The first-order chi connectivity index (χ1) is 21.0. The average molecular weight is 580 g/mol. The second kappa shape index (κ2) is 12.2. The number of methoxy groups -OCH3 is 1. The molecule has 43 heavy (non-hydrogen) atoms. The van der Waals surface area contributed by atoms with E-state index in [0.29, 0.717) is 37.9 Å². The monoisotopic (exact) mass is 579 g/mol. The molecule has 2 aromatic carbocycles. The van der Waals surface area contributed by atoms with Crippen molar-refractivity contribution in [2.45, 2.75) is 43.1 Å². The number of piperidine rings is 1. The summed E-state index contributed by atoms with van der Waals surface area (Å²) in [5.41, 5.74) is 1.61. The van der Waals surface area contributed by atoms with Gasteiger partial charge in [-0.1, -0.05) is 54.6 Å². The van der Waals surface area contributed by atoms with Crippen molar-refractivity contribution in [1.29, 1.82) is 0 Å². The van der Waals surface area contributed by atoms with Crippen LogP contribution in [0.25, 0.3) is 0 Å². The van der Waals surface area contributed by atoms with E-state index in [4.69, 9.17) is 9.47 Å². The Morgan fingerprint density at radius 2 is 1.70 bits per heavy atom. The lowest BCUT2D eigenvalue weighted by Crippen LogP contribution is -2.50. The minimum absolute atomic E-state index is 0.134. The third kappa shape index (κ3) is 5.65. The predicted octanol–water partition coefficient (Wildman–Crippen LogP) is 3.10. The number of benzene rings is 2. The van der Waals surface area contributed by atoms with Gasteiger partial charge in [-0.25, -0.2) is 14.8 Å². The number of ether oxygens (including phenoxy) is 2. The summed E-state index contributed by atoms with van der Waals surface area (Å²) in [5.74, 6) is -1.10. The smallest absolute Gasteiger partial charge is 0.337 e. The quantitative estimate of drug-likeness (QED) is 0.293. The number of hydrogen-bond donors (Lipinski definition) is 2. The van der Waals surface area contributed by atoms with Crippen molar-refractivity contribution in [3.63, 3.8) is 0 Å². The van der Waals surface area contributed by atoms with Gasteiger partial charge in [0, 0.05) is 37.2 Å². The maximum atomic E-state index is 13.8. The third-order valence-corrected chi connectivity index (χ3v) is 8.26. The molecule has 2 N–H and O–H groups in total. The topological polar surface area (TPSA) is 123 Å². The van der Waals surface area contributed by atoms with Crippen molar-refractivity contribution in [3.8, 4) is 0 Å². The molecule has 6 rings (SSSR count). The van der Waals surface area contributed by atoms with Gasteiger partial charge in [0.05, 0.1) is 29.9 Å². The van der Waals surface area contributed by atoms with Crippen molar-refractivity contribution in [2.24, 2.45) is 0 Å². The number of fused-ring (bicyclic) bond motifs is 2. The van der Waals surface area contributed by atoms with Crippen LogP contribution in [0.3, 0.4) is 0 Å². The van der Waals surface area contributed by atoms with E-state index in [2.05, 4.69) is 20.6 Å². The van der Waals surface area contributed by atoms with E-state index in [9.17, 15) is 14.4 Å². The molecule has 3 aliphatic heterocycles. The largest absolute Gasteiger partial charge is 0.466 e. The molecule has 3 aliphatic rings. The Morgan fingerprint density at radius 3 is 2.37 bits per heavy atom. The molecule has 2 bridgehead atoms. The van der Waals surface area contributed by atoms with Crippen molar-refractivity contribution in [2.75, 3.05) is 25.5 Å². The number of anilines is 1. The van der Waals surface area contributed by atoms with Crippen molar-refractivity contribution in [3.05, 3.63) is 114 Å². The Kier molecular flexibility index (Phi) is 8.02. The first-order valence-electron chi connectivity index (χ1n) is 14.4. The van der Waals surface area contributed by atoms with Crippen molar-refractivity contribution in [1.82, 2.24) is 20.2 Å². The molecule has 0 spiro atoms. The fourth-order valence-electron chi connectivity index (χ4n) is 6.13. The van der Waals surface area contributed by atoms with Gasteiger partial charge in [0.15, 0.2) is 0 Å². The van der Waals surface area contributed by atoms with Crippen LogP contribution in [0.15, 0.2) is 103 Å². The summed E-state index contributed by atoms with van der Waals surface area (Å²) in [4.78, 5) is 49.7. The highest BCUT2D eigenvalue weighted by Gasteiger charge is 2.58. The molecule has 3 atom stereocenters. The molecule has 220 valence electrons. The fourth-order valence-corrected chi connectivity index (χ4v) is 6.13. The van der Waals surface area contributed by atoms with Gasteiger partial charge in [0.1, 0.15) is 18.0 Å². The van der Waals surface area contributed by atoms with E-state index in [0.717, 1.165) is 11.3 Å². The van der Waals surface area contributed by atoms with E-state index in [1.165, 1.54) is 25.8 Å². The van der Waals surface area contributed by atoms with Crippen LogP contribution in [0.2, 0.25) is 0 Å². The van der Waals surface area contributed by atoms with Gasteiger partial charge in [-0.05, 0) is 43.0 Å². The minimum atomic E-state index is -1.22. The molecule has 3 unspecified atom stereocenters. The Morgan fingerprint density at radius 1 is 1.02 bits per heavy atom. The summed E-state index contributed by atoms with van der Waals surface area (Å²) < 4.78 is 11.8. The molecule has 2 amide bonds. The lowest BCUT2D eigenvalue weighted by molar-refractivity contribution is -0.138. The van der Waals surface area contributed by atoms with Crippen LogP contribution in [0.5, 0.6) is 0 Å². The van der Waals surface area contributed by atoms with E-state index in [-0.39, 0.29) is 29.0 Å². The van der Waals surface area contributed by atoms with Crippen molar-refractivity contribution >= 4 is 23.5 Å². The Balaban J connectivity index is 1.24. The number of para-hydroxylation sites is 1. The zero-order chi connectivity index (χ0) is 29.8. The molecule has 10 nitrogen and oxygen atoms in total. The third-order valence-electron chi connectivity index (χ3n) is 8.26. The molecule has 0 radical (unpaired) electrons. The molecule has 0 saturated carbocycles. The highest BCUT2D eigenvalue weighted by atomic mass is 16.5. The summed E-state index contributed by atoms with van der Waals surface area (Å²) in [6.45, 7) is 0.955. The fraction of sp³-hybridized carbons (Fsp3) is 0.303. The lowest BCUT2D eigenvalue weighted by Gasteiger charge is -2.36. The number of esters is 1. The first kappa shape index (κ1) is 28.3. The summed E-state index contributed by atoms with van der Waals surface area (Å²) in [6.07, 6.45) is 9.09. The second-order valence-corrected chi connectivity index (χ2v) is 10.9. The highest BCUT2D eigenvalue weighted by molar-refractivity contribution is 6.07. The van der Waals surface area contributed by atoms with E-state index in [1.807, 2.05) is 72.8 Å². The number of amides is 2. The number of aromatic nitrogens is 2. The molecular weight excluding hydrogens is 546 g/mol. The Bertz CT molecular complexity index is 1500. The number of carbonyl (C=O) groups is 3. The number of rotatable bonds is 9. The van der Waals surface area contributed by atoms with Crippen LogP contribution < -0.4 is 10.6 Å². The summed E-state index contributed by atoms with van der Waals surface area (Å²) in [6, 6.07) is 19.1. The predicted molar refractivity (Wildman–Crippen MR) is 159 cm³/mol. The van der Waals surface area contributed by atoms with Crippen LogP contribution >= 0.6 is 0 Å². The van der Waals surface area contributed by atoms with Gasteiger partial charge < -0.3 is 25.0 Å². The Hall–Kier alpha value is -4.83. The van der Waals surface area contributed by atoms with Crippen LogP contribution in [0.4, 0.5) is 5.69 Å². The van der Waals surface area contributed by atoms with E-state index >= 15 is 0 Å². The van der Waals surface area contributed by atoms with Crippen LogP contribution in [0, 0.1) is 0 Å². The molecule has 1 saturated heterocycles. The zero-order valence-electron chi connectivity index (χ0n) is 23.8. The maximum Gasteiger partial charge on any atom is 0.337 e. The van der Waals surface area contributed by atoms with Crippen molar-refractivity contribution < 1.29 is 23.9 Å². The molecule has 0 aliphatic carbocycles. The lowest BCUT2D eigenvalue weighted by atomic mass is 9.78. The molecule has 3 aromatic rings.